The highest BCUT2D eigenvalue weighted by Gasteiger charge is 2.37. The SMILES string of the molecule is NC1CC(C2=CCCNC2C2C=C(Cl)CCC2F)CCN1. The van der Waals surface area contributed by atoms with Crippen LogP contribution in [0.15, 0.2) is 22.8 Å². The molecule has 2 aliphatic heterocycles. The van der Waals surface area contributed by atoms with E-state index >= 15 is 0 Å². The Hall–Kier alpha value is -0.420. The van der Waals surface area contributed by atoms with Gasteiger partial charge in [0.2, 0.25) is 0 Å². The Morgan fingerprint density at radius 1 is 1.24 bits per heavy atom. The number of allylic oxidation sites excluding steroid dienone is 1. The summed E-state index contributed by atoms with van der Waals surface area (Å²) in [6.45, 7) is 1.86. The Balaban J connectivity index is 1.80. The van der Waals surface area contributed by atoms with Gasteiger partial charge in [0.05, 0.1) is 6.17 Å². The van der Waals surface area contributed by atoms with Gasteiger partial charge in [-0.15, -0.1) is 0 Å². The second kappa shape index (κ2) is 6.78. The molecule has 1 fully saturated rings. The molecule has 5 heteroatoms. The average molecular weight is 314 g/mol. The lowest BCUT2D eigenvalue weighted by Crippen LogP contribution is -2.50. The zero-order chi connectivity index (χ0) is 14.8. The van der Waals surface area contributed by atoms with Crippen LogP contribution in [0.5, 0.6) is 0 Å². The molecule has 0 aromatic rings. The van der Waals surface area contributed by atoms with Crippen LogP contribution in [0, 0.1) is 11.8 Å². The van der Waals surface area contributed by atoms with Crippen LogP contribution in [0.2, 0.25) is 0 Å². The van der Waals surface area contributed by atoms with E-state index in [0.29, 0.717) is 18.8 Å². The Morgan fingerprint density at radius 2 is 2.10 bits per heavy atom. The van der Waals surface area contributed by atoms with E-state index < -0.39 is 6.17 Å². The van der Waals surface area contributed by atoms with E-state index in [0.717, 1.165) is 37.4 Å². The third kappa shape index (κ3) is 3.50. The minimum Gasteiger partial charge on any atom is -0.316 e. The van der Waals surface area contributed by atoms with Crippen LogP contribution in [0.25, 0.3) is 0 Å². The normalized spacial score (nSPS) is 41.4. The van der Waals surface area contributed by atoms with Crippen molar-refractivity contribution in [2.24, 2.45) is 17.6 Å². The number of alkyl halides is 1. The zero-order valence-electron chi connectivity index (χ0n) is 12.3. The molecule has 21 heavy (non-hydrogen) atoms. The summed E-state index contributed by atoms with van der Waals surface area (Å²) in [6.07, 6.45) is 7.75. The predicted molar refractivity (Wildman–Crippen MR) is 84.7 cm³/mol. The maximum atomic E-state index is 14.4. The number of rotatable bonds is 2. The van der Waals surface area contributed by atoms with Crippen LogP contribution in [0.1, 0.15) is 32.1 Å². The lowest BCUT2D eigenvalue weighted by molar-refractivity contribution is 0.196. The molecule has 0 aromatic heterocycles. The van der Waals surface area contributed by atoms with E-state index in [4.69, 9.17) is 17.3 Å². The summed E-state index contributed by atoms with van der Waals surface area (Å²) in [7, 11) is 0. The van der Waals surface area contributed by atoms with Crippen LogP contribution in [-0.4, -0.2) is 31.5 Å². The smallest absolute Gasteiger partial charge is 0.109 e. The van der Waals surface area contributed by atoms with E-state index in [1.54, 1.807) is 0 Å². The maximum Gasteiger partial charge on any atom is 0.109 e. The summed E-state index contributed by atoms with van der Waals surface area (Å²) in [5, 5.41) is 7.62. The molecule has 0 bridgehead atoms. The van der Waals surface area contributed by atoms with E-state index in [9.17, 15) is 4.39 Å². The molecule has 3 rings (SSSR count). The zero-order valence-corrected chi connectivity index (χ0v) is 13.1. The van der Waals surface area contributed by atoms with E-state index in [1.807, 2.05) is 6.08 Å². The third-order valence-corrected chi connectivity index (χ3v) is 5.31. The molecular formula is C16H25ClFN3. The topological polar surface area (TPSA) is 50.1 Å². The quantitative estimate of drug-likeness (QED) is 0.686. The predicted octanol–water partition coefficient (Wildman–Crippen LogP) is 2.43. The number of piperidine rings is 1. The second-order valence-corrected chi connectivity index (χ2v) is 6.94. The van der Waals surface area contributed by atoms with Crippen molar-refractivity contribution in [3.63, 3.8) is 0 Å². The van der Waals surface area contributed by atoms with Gasteiger partial charge in [0.15, 0.2) is 0 Å². The Kier molecular flexibility index (Phi) is 4.99. The Bertz CT molecular complexity index is 437. The molecule has 0 radical (unpaired) electrons. The summed E-state index contributed by atoms with van der Waals surface area (Å²) >= 11 is 6.17. The largest absolute Gasteiger partial charge is 0.316 e. The molecule has 4 N–H and O–H groups in total. The minimum absolute atomic E-state index is 0.0545. The molecule has 118 valence electrons. The van der Waals surface area contributed by atoms with Gasteiger partial charge in [-0.25, -0.2) is 4.39 Å². The molecule has 3 nitrogen and oxygen atoms in total. The summed E-state index contributed by atoms with van der Waals surface area (Å²) in [6, 6.07) is 0.0816. The van der Waals surface area contributed by atoms with Crippen molar-refractivity contribution in [3.05, 3.63) is 22.8 Å². The summed E-state index contributed by atoms with van der Waals surface area (Å²) in [5.74, 6) is 0.323. The number of halogens is 2. The van der Waals surface area contributed by atoms with Crippen LogP contribution in [0.3, 0.4) is 0 Å². The first kappa shape index (κ1) is 15.5. The van der Waals surface area contributed by atoms with Crippen molar-refractivity contribution in [1.29, 1.82) is 0 Å². The van der Waals surface area contributed by atoms with Crippen molar-refractivity contribution in [3.8, 4) is 0 Å². The Labute approximate surface area is 131 Å². The lowest BCUT2D eigenvalue weighted by atomic mass is 9.75. The fraction of sp³-hybridized carbons (Fsp3) is 0.750. The van der Waals surface area contributed by atoms with E-state index in [-0.39, 0.29) is 18.1 Å². The fourth-order valence-corrected chi connectivity index (χ4v) is 4.18. The van der Waals surface area contributed by atoms with Gasteiger partial charge < -0.3 is 16.4 Å². The third-order valence-electron chi connectivity index (χ3n) is 4.99. The number of nitrogens with one attached hydrogen (secondary N) is 2. The van der Waals surface area contributed by atoms with Gasteiger partial charge in [-0.3, -0.25) is 0 Å². The van der Waals surface area contributed by atoms with Gasteiger partial charge in [0.25, 0.3) is 0 Å². The fourth-order valence-electron chi connectivity index (χ4n) is 3.92. The molecule has 0 spiro atoms. The number of hydrogen-bond donors (Lipinski definition) is 3. The van der Waals surface area contributed by atoms with E-state index in [2.05, 4.69) is 16.7 Å². The van der Waals surface area contributed by atoms with Gasteiger partial charge in [0, 0.05) is 17.0 Å². The average Bonchev–Trinajstić information content (AvgIpc) is 2.50. The van der Waals surface area contributed by atoms with Crippen LogP contribution < -0.4 is 16.4 Å². The van der Waals surface area contributed by atoms with Crippen LogP contribution in [-0.2, 0) is 0 Å². The van der Waals surface area contributed by atoms with Crippen molar-refractivity contribution in [2.75, 3.05) is 13.1 Å². The highest BCUT2D eigenvalue weighted by Crippen LogP contribution is 2.37. The maximum absolute atomic E-state index is 14.4. The van der Waals surface area contributed by atoms with Crippen molar-refractivity contribution >= 4 is 11.6 Å². The molecule has 5 atom stereocenters. The van der Waals surface area contributed by atoms with Crippen molar-refractivity contribution in [1.82, 2.24) is 10.6 Å². The van der Waals surface area contributed by atoms with Crippen molar-refractivity contribution < 1.29 is 4.39 Å². The number of hydrogen-bond acceptors (Lipinski definition) is 3. The molecule has 0 aromatic carbocycles. The standard InChI is InChI=1S/C16H25ClFN3/c17-11-3-4-14(18)13(9-11)16-12(2-1-6-21-16)10-5-7-20-15(19)8-10/h2,9-10,13-16,20-21H,1,3-8,19H2. The minimum atomic E-state index is -0.804. The van der Waals surface area contributed by atoms with E-state index in [1.165, 1.54) is 5.57 Å². The van der Waals surface area contributed by atoms with Gasteiger partial charge in [-0.2, -0.15) is 0 Å². The molecule has 0 amide bonds. The summed E-state index contributed by atoms with van der Waals surface area (Å²) in [4.78, 5) is 0. The Morgan fingerprint density at radius 3 is 2.90 bits per heavy atom. The molecule has 1 saturated heterocycles. The molecular weight excluding hydrogens is 289 g/mol. The molecule has 3 aliphatic rings. The monoisotopic (exact) mass is 313 g/mol. The first-order valence-corrected chi connectivity index (χ1v) is 8.45. The van der Waals surface area contributed by atoms with Gasteiger partial charge in [-0.1, -0.05) is 29.3 Å². The molecule has 5 unspecified atom stereocenters. The molecule has 0 saturated carbocycles. The van der Waals surface area contributed by atoms with Crippen molar-refractivity contribution in [2.45, 2.75) is 50.5 Å². The van der Waals surface area contributed by atoms with Crippen LogP contribution in [0.4, 0.5) is 4.39 Å². The highest BCUT2D eigenvalue weighted by molar-refractivity contribution is 6.29. The lowest BCUT2D eigenvalue weighted by Gasteiger charge is -2.40. The highest BCUT2D eigenvalue weighted by atomic mass is 35.5. The first-order valence-electron chi connectivity index (χ1n) is 8.07. The van der Waals surface area contributed by atoms with Gasteiger partial charge in [0.1, 0.15) is 6.17 Å². The summed E-state index contributed by atoms with van der Waals surface area (Å²) in [5.41, 5.74) is 7.39. The first-order chi connectivity index (χ1) is 10.1. The molecule has 2 heterocycles. The van der Waals surface area contributed by atoms with Gasteiger partial charge >= 0.3 is 0 Å². The van der Waals surface area contributed by atoms with Crippen LogP contribution >= 0.6 is 11.6 Å². The number of nitrogens with two attached hydrogens (primary N) is 1. The molecule has 1 aliphatic carbocycles. The van der Waals surface area contributed by atoms with Gasteiger partial charge in [-0.05, 0) is 51.1 Å². The summed E-state index contributed by atoms with van der Waals surface area (Å²) < 4.78 is 14.4. The second-order valence-electron chi connectivity index (χ2n) is 6.45.